The highest BCUT2D eigenvalue weighted by atomic mass is 35.5. The lowest BCUT2D eigenvalue weighted by atomic mass is 10.1. The number of halogens is 1. The van der Waals surface area contributed by atoms with Gasteiger partial charge in [-0.25, -0.2) is 0 Å². The van der Waals surface area contributed by atoms with Gasteiger partial charge in [0.1, 0.15) is 0 Å². The molecular weight excluding hydrogens is 292 g/mol. The summed E-state index contributed by atoms with van der Waals surface area (Å²) in [5.41, 5.74) is 5.39. The number of rotatable bonds is 6. The van der Waals surface area contributed by atoms with E-state index < -0.39 is 0 Å². The lowest BCUT2D eigenvalue weighted by molar-refractivity contribution is -0.118. The monoisotopic (exact) mass is 308 g/mol. The average Bonchev–Trinajstić information content (AvgIpc) is 2.45. The highest BCUT2D eigenvalue weighted by Gasteiger charge is 2.07. The fourth-order valence-corrected chi connectivity index (χ4v) is 3.18. The van der Waals surface area contributed by atoms with E-state index >= 15 is 0 Å². The van der Waals surface area contributed by atoms with Gasteiger partial charge in [0.15, 0.2) is 0 Å². The summed E-state index contributed by atoms with van der Waals surface area (Å²) in [4.78, 5) is 12.7. The van der Waals surface area contributed by atoms with Crippen LogP contribution in [0, 0.1) is 0 Å². The van der Waals surface area contributed by atoms with Gasteiger partial charge in [0, 0.05) is 21.8 Å². The van der Waals surface area contributed by atoms with Crippen LogP contribution in [0.25, 0.3) is 10.8 Å². The molecule has 20 heavy (non-hydrogen) atoms. The first-order valence-corrected chi connectivity index (χ1v) is 7.85. The van der Waals surface area contributed by atoms with Gasteiger partial charge in [-0.05, 0) is 30.5 Å². The maximum Gasteiger partial charge on any atom is 0.230 e. The van der Waals surface area contributed by atoms with Gasteiger partial charge in [-0.15, -0.1) is 11.8 Å². The molecule has 5 heteroatoms. The first-order chi connectivity index (χ1) is 9.72. The number of nitrogens with two attached hydrogens (primary N) is 1. The van der Waals surface area contributed by atoms with Gasteiger partial charge in [-0.3, -0.25) is 4.79 Å². The zero-order valence-corrected chi connectivity index (χ0v) is 12.6. The third kappa shape index (κ3) is 3.88. The largest absolute Gasteiger partial charge is 0.355 e. The highest BCUT2D eigenvalue weighted by molar-refractivity contribution is 8.00. The summed E-state index contributed by atoms with van der Waals surface area (Å²) in [6, 6.07) is 11.8. The first-order valence-electron chi connectivity index (χ1n) is 6.49. The van der Waals surface area contributed by atoms with Crippen molar-refractivity contribution in [3.8, 4) is 0 Å². The van der Waals surface area contributed by atoms with Crippen molar-refractivity contribution in [1.82, 2.24) is 5.32 Å². The van der Waals surface area contributed by atoms with E-state index in [4.69, 9.17) is 17.3 Å². The fraction of sp³-hybridized carbons (Fsp3) is 0.267. The predicted octanol–water partition coefficient (Wildman–Crippen LogP) is 3.05. The normalized spacial score (nSPS) is 10.7. The van der Waals surface area contributed by atoms with Gasteiger partial charge in [0.2, 0.25) is 5.91 Å². The van der Waals surface area contributed by atoms with Crippen LogP contribution in [-0.2, 0) is 4.79 Å². The molecule has 0 fully saturated rings. The summed E-state index contributed by atoms with van der Waals surface area (Å²) >= 11 is 7.75. The lowest BCUT2D eigenvalue weighted by Crippen LogP contribution is -2.27. The van der Waals surface area contributed by atoms with E-state index in [1.807, 2.05) is 36.4 Å². The van der Waals surface area contributed by atoms with Crippen molar-refractivity contribution in [3.05, 3.63) is 41.4 Å². The Labute approximate surface area is 127 Å². The summed E-state index contributed by atoms with van der Waals surface area (Å²) in [6.45, 7) is 1.22. The number of benzene rings is 2. The molecule has 0 aliphatic rings. The summed E-state index contributed by atoms with van der Waals surface area (Å²) in [5, 5.41) is 5.66. The molecule has 0 atom stereocenters. The van der Waals surface area contributed by atoms with Gasteiger partial charge < -0.3 is 11.1 Å². The van der Waals surface area contributed by atoms with E-state index in [1.54, 1.807) is 0 Å². The smallest absolute Gasteiger partial charge is 0.230 e. The van der Waals surface area contributed by atoms with E-state index in [2.05, 4.69) is 5.32 Å². The van der Waals surface area contributed by atoms with E-state index in [0.717, 1.165) is 22.1 Å². The van der Waals surface area contributed by atoms with E-state index in [0.29, 0.717) is 23.9 Å². The Morgan fingerprint density at radius 3 is 2.75 bits per heavy atom. The molecule has 3 N–H and O–H groups in total. The lowest BCUT2D eigenvalue weighted by Gasteiger charge is -2.08. The van der Waals surface area contributed by atoms with Crippen LogP contribution in [0.4, 0.5) is 0 Å². The van der Waals surface area contributed by atoms with Gasteiger partial charge in [0.25, 0.3) is 0 Å². The standard InChI is InChI=1S/C15H17ClN2OS/c16-12-6-1-4-11-5-2-7-13(15(11)12)20-10-14(19)18-9-3-8-17/h1-2,4-7H,3,8-10,17H2,(H,18,19). The Bertz CT molecular complexity index is 598. The topological polar surface area (TPSA) is 55.1 Å². The van der Waals surface area contributed by atoms with Crippen LogP contribution in [0.15, 0.2) is 41.3 Å². The van der Waals surface area contributed by atoms with Crippen LogP contribution in [-0.4, -0.2) is 24.7 Å². The van der Waals surface area contributed by atoms with Crippen LogP contribution in [0.2, 0.25) is 5.02 Å². The van der Waals surface area contributed by atoms with Gasteiger partial charge in [-0.2, -0.15) is 0 Å². The third-order valence-electron chi connectivity index (χ3n) is 2.88. The number of carbonyl (C=O) groups excluding carboxylic acids is 1. The Morgan fingerprint density at radius 2 is 2.00 bits per heavy atom. The van der Waals surface area contributed by atoms with E-state index in [9.17, 15) is 4.79 Å². The molecule has 2 aromatic carbocycles. The van der Waals surface area contributed by atoms with Crippen molar-refractivity contribution in [3.63, 3.8) is 0 Å². The van der Waals surface area contributed by atoms with Gasteiger partial charge >= 0.3 is 0 Å². The average molecular weight is 309 g/mol. The molecule has 106 valence electrons. The minimum Gasteiger partial charge on any atom is -0.355 e. The number of hydrogen-bond donors (Lipinski definition) is 2. The van der Waals surface area contributed by atoms with Crippen LogP contribution in [0.1, 0.15) is 6.42 Å². The molecule has 2 rings (SSSR count). The fourth-order valence-electron chi connectivity index (χ4n) is 1.91. The molecule has 0 aromatic heterocycles. The van der Waals surface area contributed by atoms with Crippen LogP contribution in [0.3, 0.4) is 0 Å². The van der Waals surface area contributed by atoms with Crippen molar-refractivity contribution in [2.24, 2.45) is 5.73 Å². The second kappa shape index (κ2) is 7.53. The molecule has 1 amide bonds. The Morgan fingerprint density at radius 1 is 1.25 bits per heavy atom. The molecule has 3 nitrogen and oxygen atoms in total. The van der Waals surface area contributed by atoms with Gasteiger partial charge in [0.05, 0.1) is 5.75 Å². The molecule has 0 bridgehead atoms. The number of carbonyl (C=O) groups is 1. The summed E-state index contributed by atoms with van der Waals surface area (Å²) < 4.78 is 0. The zero-order valence-electron chi connectivity index (χ0n) is 11.1. The zero-order chi connectivity index (χ0) is 14.4. The molecule has 0 saturated heterocycles. The van der Waals surface area contributed by atoms with Crippen molar-refractivity contribution in [2.75, 3.05) is 18.8 Å². The number of thioether (sulfide) groups is 1. The summed E-state index contributed by atoms with van der Waals surface area (Å²) in [5.74, 6) is 0.405. The maximum atomic E-state index is 11.7. The van der Waals surface area contributed by atoms with E-state index in [-0.39, 0.29) is 5.91 Å². The summed E-state index contributed by atoms with van der Waals surface area (Å²) in [6.07, 6.45) is 0.802. The first kappa shape index (κ1) is 15.2. The van der Waals surface area contributed by atoms with Crippen molar-refractivity contribution < 1.29 is 4.79 Å². The van der Waals surface area contributed by atoms with Crippen LogP contribution < -0.4 is 11.1 Å². The second-order valence-electron chi connectivity index (χ2n) is 4.37. The Balaban J connectivity index is 2.05. The number of fused-ring (bicyclic) bond motifs is 1. The van der Waals surface area contributed by atoms with Gasteiger partial charge in [-0.1, -0.05) is 35.9 Å². The van der Waals surface area contributed by atoms with Crippen molar-refractivity contribution in [2.45, 2.75) is 11.3 Å². The number of nitrogens with one attached hydrogen (secondary N) is 1. The minimum atomic E-state index is 0.0208. The molecule has 0 heterocycles. The van der Waals surface area contributed by atoms with Crippen molar-refractivity contribution >= 4 is 40.0 Å². The molecule has 0 aliphatic heterocycles. The molecule has 0 saturated carbocycles. The quantitative estimate of drug-likeness (QED) is 0.637. The maximum absolute atomic E-state index is 11.7. The Kier molecular flexibility index (Phi) is 5.71. The summed E-state index contributed by atoms with van der Waals surface area (Å²) in [7, 11) is 0. The molecule has 0 unspecified atom stereocenters. The highest BCUT2D eigenvalue weighted by Crippen LogP contribution is 2.32. The molecular formula is C15H17ClN2OS. The predicted molar refractivity (Wildman–Crippen MR) is 86.4 cm³/mol. The van der Waals surface area contributed by atoms with Crippen LogP contribution >= 0.6 is 23.4 Å². The number of amides is 1. The third-order valence-corrected chi connectivity index (χ3v) is 4.25. The van der Waals surface area contributed by atoms with E-state index in [1.165, 1.54) is 11.8 Å². The second-order valence-corrected chi connectivity index (χ2v) is 5.80. The molecule has 0 radical (unpaired) electrons. The molecule has 2 aromatic rings. The number of hydrogen-bond acceptors (Lipinski definition) is 3. The Hall–Kier alpha value is -1.23. The SMILES string of the molecule is NCCCNC(=O)CSc1cccc2cccc(Cl)c12. The van der Waals surface area contributed by atoms with Crippen LogP contribution in [0.5, 0.6) is 0 Å². The minimum absolute atomic E-state index is 0.0208. The van der Waals surface area contributed by atoms with Crippen molar-refractivity contribution in [1.29, 1.82) is 0 Å². The molecule has 0 spiro atoms. The molecule has 0 aliphatic carbocycles.